The Morgan fingerprint density at radius 2 is 1.77 bits per heavy atom. The molecule has 3 aromatic rings. The third-order valence-electron chi connectivity index (χ3n) is 7.10. The molecule has 3 N–H and O–H groups in total. The topological polar surface area (TPSA) is 121 Å². The maximum absolute atomic E-state index is 13.6. The minimum absolute atomic E-state index is 0.0640. The molecular weight excluding hydrogens is 496 g/mol. The normalized spacial score (nSPS) is 14.7. The van der Waals surface area contributed by atoms with E-state index in [1.54, 1.807) is 34.6 Å². The molecule has 0 bridgehead atoms. The highest BCUT2D eigenvalue weighted by Gasteiger charge is 2.39. The molecule has 0 radical (unpaired) electrons. The standard InChI is InChI=1S/C30H36N4O5/c1-20(2)16-28(36)34-14-12-30(13-15-34,18-27(35)33-38)32-29(37)24-9-5-7-11-26(24)39-19-22-17-21(3)31-25-10-6-4-8-23(22)25/h4-11,17,20,38H,12-16,18-19H2,1-3H3,(H,32,37)(H,33,35). The van der Waals surface area contributed by atoms with Gasteiger partial charge in [-0.05, 0) is 49.9 Å². The third kappa shape index (κ3) is 6.92. The lowest BCUT2D eigenvalue weighted by molar-refractivity contribution is -0.134. The molecule has 0 saturated carbocycles. The first kappa shape index (κ1) is 28.0. The number of piperidine rings is 1. The number of para-hydroxylation sites is 2. The van der Waals surface area contributed by atoms with Crippen LogP contribution in [0.2, 0.25) is 0 Å². The number of likely N-dealkylation sites (tertiary alicyclic amines) is 1. The van der Waals surface area contributed by atoms with Crippen LogP contribution < -0.4 is 15.5 Å². The average Bonchev–Trinajstić information content (AvgIpc) is 2.91. The maximum atomic E-state index is 13.6. The first-order chi connectivity index (χ1) is 18.7. The van der Waals surface area contributed by atoms with E-state index < -0.39 is 11.4 Å². The molecule has 0 spiro atoms. The van der Waals surface area contributed by atoms with E-state index in [2.05, 4.69) is 10.3 Å². The second-order valence-corrected chi connectivity index (χ2v) is 10.6. The number of hydrogen-bond donors (Lipinski definition) is 3. The van der Waals surface area contributed by atoms with Crippen molar-refractivity contribution in [3.05, 3.63) is 71.4 Å². The Labute approximate surface area is 228 Å². The number of carbonyl (C=O) groups excluding carboxylic acids is 3. The molecule has 1 aliphatic heterocycles. The minimum atomic E-state index is -0.913. The molecule has 0 unspecified atom stereocenters. The summed E-state index contributed by atoms with van der Waals surface area (Å²) in [5.74, 6) is -0.251. The van der Waals surface area contributed by atoms with Gasteiger partial charge in [0.1, 0.15) is 12.4 Å². The average molecular weight is 533 g/mol. The number of nitrogens with zero attached hydrogens (tertiary/aromatic N) is 2. The Hall–Kier alpha value is -3.98. The highest BCUT2D eigenvalue weighted by atomic mass is 16.5. The molecule has 206 valence electrons. The molecular formula is C30H36N4O5. The van der Waals surface area contributed by atoms with Crippen molar-refractivity contribution >= 4 is 28.6 Å². The van der Waals surface area contributed by atoms with Crippen LogP contribution in [0, 0.1) is 12.8 Å². The van der Waals surface area contributed by atoms with Gasteiger partial charge in [-0.3, -0.25) is 24.6 Å². The van der Waals surface area contributed by atoms with Gasteiger partial charge in [0.15, 0.2) is 0 Å². The smallest absolute Gasteiger partial charge is 0.255 e. The van der Waals surface area contributed by atoms with Crippen molar-refractivity contribution in [2.24, 2.45) is 5.92 Å². The lowest BCUT2D eigenvalue weighted by Crippen LogP contribution is -2.57. The molecule has 9 heteroatoms. The van der Waals surface area contributed by atoms with Crippen molar-refractivity contribution < 1.29 is 24.3 Å². The van der Waals surface area contributed by atoms with Crippen LogP contribution in [0.25, 0.3) is 10.9 Å². The molecule has 2 heterocycles. The minimum Gasteiger partial charge on any atom is -0.488 e. The van der Waals surface area contributed by atoms with Gasteiger partial charge in [0, 0.05) is 36.2 Å². The Morgan fingerprint density at radius 3 is 2.49 bits per heavy atom. The molecule has 3 amide bonds. The van der Waals surface area contributed by atoms with E-state index in [4.69, 9.17) is 4.74 Å². The lowest BCUT2D eigenvalue weighted by atomic mass is 9.83. The molecule has 1 aliphatic rings. The number of aromatic nitrogens is 1. The summed E-state index contributed by atoms with van der Waals surface area (Å²) < 4.78 is 6.16. The molecule has 9 nitrogen and oxygen atoms in total. The Morgan fingerprint density at radius 1 is 1.08 bits per heavy atom. The molecule has 1 fully saturated rings. The first-order valence-corrected chi connectivity index (χ1v) is 13.3. The zero-order valence-corrected chi connectivity index (χ0v) is 22.7. The van der Waals surface area contributed by atoms with Gasteiger partial charge in [0.05, 0.1) is 23.0 Å². The van der Waals surface area contributed by atoms with Gasteiger partial charge in [-0.1, -0.05) is 44.2 Å². The number of pyridine rings is 1. The summed E-state index contributed by atoms with van der Waals surface area (Å²) in [6.07, 6.45) is 1.13. The SMILES string of the molecule is Cc1cc(COc2ccccc2C(=O)NC2(CC(=O)NO)CCN(C(=O)CC(C)C)CC2)c2ccccc2n1. The van der Waals surface area contributed by atoms with Crippen molar-refractivity contribution in [3.8, 4) is 5.75 Å². The van der Waals surface area contributed by atoms with E-state index in [9.17, 15) is 19.6 Å². The first-order valence-electron chi connectivity index (χ1n) is 13.3. The lowest BCUT2D eigenvalue weighted by Gasteiger charge is -2.42. The van der Waals surface area contributed by atoms with E-state index in [-0.39, 0.29) is 30.8 Å². The van der Waals surface area contributed by atoms with E-state index in [0.717, 1.165) is 22.2 Å². The number of hydroxylamine groups is 1. The second-order valence-electron chi connectivity index (χ2n) is 10.6. The maximum Gasteiger partial charge on any atom is 0.255 e. The number of fused-ring (bicyclic) bond motifs is 1. The van der Waals surface area contributed by atoms with Crippen molar-refractivity contribution in [3.63, 3.8) is 0 Å². The van der Waals surface area contributed by atoms with Crippen molar-refractivity contribution in [1.29, 1.82) is 0 Å². The molecule has 39 heavy (non-hydrogen) atoms. The summed E-state index contributed by atoms with van der Waals surface area (Å²) >= 11 is 0. The molecule has 4 rings (SSSR count). The second kappa shape index (κ2) is 12.3. The fraction of sp³-hybridized carbons (Fsp3) is 0.400. The zero-order valence-electron chi connectivity index (χ0n) is 22.7. The third-order valence-corrected chi connectivity index (χ3v) is 7.10. The summed E-state index contributed by atoms with van der Waals surface area (Å²) in [6.45, 7) is 7.00. The van der Waals surface area contributed by atoms with E-state index >= 15 is 0 Å². The Kier molecular flexibility index (Phi) is 8.81. The molecule has 1 aromatic heterocycles. The van der Waals surface area contributed by atoms with Crippen LogP contribution in [0.3, 0.4) is 0 Å². The number of ether oxygens (including phenoxy) is 1. The summed E-state index contributed by atoms with van der Waals surface area (Å²) in [5.41, 5.74) is 3.82. The highest BCUT2D eigenvalue weighted by molar-refractivity contribution is 5.97. The van der Waals surface area contributed by atoms with Gasteiger partial charge in [0.25, 0.3) is 5.91 Å². The number of aryl methyl sites for hydroxylation is 1. The van der Waals surface area contributed by atoms with Crippen LogP contribution in [-0.2, 0) is 16.2 Å². The number of carbonyl (C=O) groups is 3. The molecule has 0 atom stereocenters. The fourth-order valence-electron chi connectivity index (χ4n) is 5.11. The fourth-order valence-corrected chi connectivity index (χ4v) is 5.11. The van der Waals surface area contributed by atoms with Gasteiger partial charge in [-0.15, -0.1) is 0 Å². The van der Waals surface area contributed by atoms with Gasteiger partial charge in [0.2, 0.25) is 11.8 Å². The van der Waals surface area contributed by atoms with Gasteiger partial charge in [-0.25, -0.2) is 5.48 Å². The number of benzene rings is 2. The predicted octanol–water partition coefficient (Wildman–Crippen LogP) is 4.15. The monoisotopic (exact) mass is 532 g/mol. The Balaban J connectivity index is 1.51. The van der Waals surface area contributed by atoms with E-state index in [1.165, 1.54) is 0 Å². The number of nitrogens with one attached hydrogen (secondary N) is 2. The molecule has 2 aromatic carbocycles. The van der Waals surface area contributed by atoms with E-state index in [1.807, 2.05) is 51.1 Å². The van der Waals surface area contributed by atoms with Gasteiger partial charge in [-0.2, -0.15) is 0 Å². The van der Waals surface area contributed by atoms with Crippen LogP contribution in [0.4, 0.5) is 0 Å². The van der Waals surface area contributed by atoms with Crippen LogP contribution in [0.1, 0.15) is 61.1 Å². The van der Waals surface area contributed by atoms with Gasteiger partial charge >= 0.3 is 0 Å². The number of rotatable bonds is 9. The zero-order chi connectivity index (χ0) is 28.0. The van der Waals surface area contributed by atoms with Crippen LogP contribution in [0.5, 0.6) is 5.75 Å². The van der Waals surface area contributed by atoms with Crippen molar-refractivity contribution in [2.75, 3.05) is 13.1 Å². The molecule has 1 saturated heterocycles. The summed E-state index contributed by atoms with van der Waals surface area (Å²) in [7, 11) is 0. The van der Waals surface area contributed by atoms with Crippen LogP contribution in [0.15, 0.2) is 54.6 Å². The Bertz CT molecular complexity index is 1350. The van der Waals surface area contributed by atoms with Crippen LogP contribution >= 0.6 is 0 Å². The number of amides is 3. The van der Waals surface area contributed by atoms with Crippen molar-refractivity contribution in [2.45, 2.75) is 58.6 Å². The predicted molar refractivity (Wildman–Crippen MR) is 147 cm³/mol. The van der Waals surface area contributed by atoms with Gasteiger partial charge < -0.3 is 15.0 Å². The quantitative estimate of drug-likeness (QED) is 0.281. The van der Waals surface area contributed by atoms with E-state index in [0.29, 0.717) is 43.7 Å². The highest BCUT2D eigenvalue weighted by Crippen LogP contribution is 2.29. The largest absolute Gasteiger partial charge is 0.488 e. The molecule has 0 aliphatic carbocycles. The number of hydrogen-bond acceptors (Lipinski definition) is 6. The summed E-state index contributed by atoms with van der Waals surface area (Å²) in [4.78, 5) is 44.7. The summed E-state index contributed by atoms with van der Waals surface area (Å²) in [5, 5.41) is 13.2. The van der Waals surface area contributed by atoms with Crippen LogP contribution in [-0.4, -0.2) is 51.4 Å². The van der Waals surface area contributed by atoms with Crippen molar-refractivity contribution in [1.82, 2.24) is 20.7 Å². The summed E-state index contributed by atoms with van der Waals surface area (Å²) in [6, 6.07) is 16.8.